The lowest BCUT2D eigenvalue weighted by molar-refractivity contribution is 0.0267. The van der Waals surface area contributed by atoms with E-state index in [0.717, 1.165) is 37.6 Å². The van der Waals surface area contributed by atoms with Crippen LogP contribution in [-0.2, 0) is 0 Å². The van der Waals surface area contributed by atoms with Crippen LogP contribution in [0.2, 0.25) is 0 Å². The number of hydrogen-bond acceptors (Lipinski definition) is 3. The molecule has 0 bridgehead atoms. The molecule has 14 heavy (non-hydrogen) atoms. The molecule has 0 aromatic heterocycles. The molecule has 0 radical (unpaired) electrons. The standard InChI is InChI=1S/C11H23NOS/c1-3-9(8-14)6-12(2)7-10-4-11(13)5-10/h9-11,13-14H,3-8H2,1-2H3. The van der Waals surface area contributed by atoms with Crippen molar-refractivity contribution in [2.75, 3.05) is 25.9 Å². The lowest BCUT2D eigenvalue weighted by Crippen LogP contribution is -2.38. The average Bonchev–Trinajstić information content (AvgIpc) is 2.11. The van der Waals surface area contributed by atoms with Gasteiger partial charge in [-0.25, -0.2) is 0 Å². The van der Waals surface area contributed by atoms with Crippen molar-refractivity contribution in [1.82, 2.24) is 4.90 Å². The van der Waals surface area contributed by atoms with Gasteiger partial charge in [0.05, 0.1) is 6.10 Å². The quantitative estimate of drug-likeness (QED) is 0.661. The van der Waals surface area contributed by atoms with Crippen LogP contribution in [0.1, 0.15) is 26.2 Å². The molecule has 1 fully saturated rings. The van der Waals surface area contributed by atoms with Crippen molar-refractivity contribution < 1.29 is 5.11 Å². The molecule has 2 nitrogen and oxygen atoms in total. The van der Waals surface area contributed by atoms with Gasteiger partial charge < -0.3 is 10.0 Å². The maximum Gasteiger partial charge on any atom is 0.0546 e. The highest BCUT2D eigenvalue weighted by Crippen LogP contribution is 2.27. The number of nitrogens with zero attached hydrogens (tertiary/aromatic N) is 1. The Kier molecular flexibility index (Phi) is 5.28. The zero-order valence-electron chi connectivity index (χ0n) is 9.32. The van der Waals surface area contributed by atoms with Gasteiger partial charge in [0, 0.05) is 13.1 Å². The molecule has 0 saturated heterocycles. The zero-order valence-corrected chi connectivity index (χ0v) is 10.2. The zero-order chi connectivity index (χ0) is 10.6. The molecule has 1 aliphatic carbocycles. The van der Waals surface area contributed by atoms with Crippen LogP contribution in [0.25, 0.3) is 0 Å². The van der Waals surface area contributed by atoms with Crippen molar-refractivity contribution in [2.24, 2.45) is 11.8 Å². The molecule has 0 aromatic rings. The highest BCUT2D eigenvalue weighted by atomic mass is 32.1. The summed E-state index contributed by atoms with van der Waals surface area (Å²) >= 11 is 4.35. The molecular formula is C11H23NOS. The van der Waals surface area contributed by atoms with E-state index in [9.17, 15) is 5.11 Å². The fourth-order valence-corrected chi connectivity index (χ4v) is 2.50. The third kappa shape index (κ3) is 3.79. The number of hydrogen-bond donors (Lipinski definition) is 2. The minimum absolute atomic E-state index is 0.0137. The largest absolute Gasteiger partial charge is 0.393 e. The van der Waals surface area contributed by atoms with Crippen LogP contribution in [0.4, 0.5) is 0 Å². The lowest BCUT2D eigenvalue weighted by Gasteiger charge is -2.35. The maximum absolute atomic E-state index is 9.17. The molecular weight excluding hydrogens is 194 g/mol. The summed E-state index contributed by atoms with van der Waals surface area (Å²) in [5.41, 5.74) is 0. The van der Waals surface area contributed by atoms with Gasteiger partial charge in [-0.3, -0.25) is 0 Å². The second kappa shape index (κ2) is 5.99. The molecule has 0 heterocycles. The fraction of sp³-hybridized carbons (Fsp3) is 1.00. The lowest BCUT2D eigenvalue weighted by atomic mass is 9.82. The summed E-state index contributed by atoms with van der Waals surface area (Å²) in [6.07, 6.45) is 3.20. The van der Waals surface area contributed by atoms with Gasteiger partial charge in [0.25, 0.3) is 0 Å². The second-order valence-corrected chi connectivity index (χ2v) is 5.03. The van der Waals surface area contributed by atoms with Crippen LogP contribution < -0.4 is 0 Å². The van der Waals surface area contributed by atoms with Gasteiger partial charge in [-0.05, 0) is 37.5 Å². The van der Waals surface area contributed by atoms with Crippen molar-refractivity contribution in [3.8, 4) is 0 Å². The van der Waals surface area contributed by atoms with Crippen LogP contribution >= 0.6 is 12.6 Å². The number of aliphatic hydroxyl groups is 1. The molecule has 3 heteroatoms. The molecule has 0 aliphatic heterocycles. The Hall–Kier alpha value is 0.270. The normalized spacial score (nSPS) is 28.9. The monoisotopic (exact) mass is 217 g/mol. The Morgan fingerprint density at radius 2 is 2.14 bits per heavy atom. The summed E-state index contributed by atoms with van der Waals surface area (Å²) < 4.78 is 0. The molecule has 0 spiro atoms. The predicted molar refractivity (Wildman–Crippen MR) is 63.9 cm³/mol. The maximum atomic E-state index is 9.17. The Morgan fingerprint density at radius 3 is 2.57 bits per heavy atom. The molecule has 1 N–H and O–H groups in total. The van der Waals surface area contributed by atoms with Crippen LogP contribution in [0.15, 0.2) is 0 Å². The summed E-state index contributed by atoms with van der Waals surface area (Å²) in [6, 6.07) is 0. The highest BCUT2D eigenvalue weighted by Gasteiger charge is 2.28. The first kappa shape index (κ1) is 12.3. The first-order chi connectivity index (χ1) is 6.65. The van der Waals surface area contributed by atoms with Gasteiger partial charge in [-0.15, -0.1) is 0 Å². The van der Waals surface area contributed by atoms with Gasteiger partial charge in [0.1, 0.15) is 0 Å². The minimum Gasteiger partial charge on any atom is -0.393 e. The van der Waals surface area contributed by atoms with E-state index in [-0.39, 0.29) is 6.10 Å². The topological polar surface area (TPSA) is 23.5 Å². The Balaban J connectivity index is 2.11. The Labute approximate surface area is 93.1 Å². The minimum atomic E-state index is -0.0137. The average molecular weight is 217 g/mol. The predicted octanol–water partition coefficient (Wildman–Crippen LogP) is 1.65. The van der Waals surface area contributed by atoms with Gasteiger partial charge in [-0.1, -0.05) is 13.3 Å². The Bertz CT molecular complexity index is 155. The molecule has 0 amide bonds. The summed E-state index contributed by atoms with van der Waals surface area (Å²) in [7, 11) is 2.18. The van der Waals surface area contributed by atoms with E-state index in [1.807, 2.05) is 0 Å². The van der Waals surface area contributed by atoms with E-state index in [1.165, 1.54) is 6.42 Å². The van der Waals surface area contributed by atoms with E-state index in [0.29, 0.717) is 5.92 Å². The first-order valence-corrected chi connectivity index (χ1v) is 6.26. The van der Waals surface area contributed by atoms with E-state index in [1.54, 1.807) is 0 Å². The molecule has 1 saturated carbocycles. The van der Waals surface area contributed by atoms with E-state index >= 15 is 0 Å². The van der Waals surface area contributed by atoms with Gasteiger partial charge in [0.15, 0.2) is 0 Å². The van der Waals surface area contributed by atoms with Crippen molar-refractivity contribution in [3.05, 3.63) is 0 Å². The van der Waals surface area contributed by atoms with Crippen molar-refractivity contribution in [2.45, 2.75) is 32.3 Å². The summed E-state index contributed by atoms with van der Waals surface area (Å²) in [5.74, 6) is 2.43. The van der Waals surface area contributed by atoms with E-state index in [4.69, 9.17) is 0 Å². The summed E-state index contributed by atoms with van der Waals surface area (Å²) in [4.78, 5) is 2.39. The van der Waals surface area contributed by atoms with Crippen LogP contribution in [0.5, 0.6) is 0 Å². The smallest absolute Gasteiger partial charge is 0.0546 e. The third-order valence-electron chi connectivity index (χ3n) is 3.19. The van der Waals surface area contributed by atoms with Gasteiger partial charge in [0.2, 0.25) is 0 Å². The van der Waals surface area contributed by atoms with Crippen LogP contribution in [0, 0.1) is 11.8 Å². The molecule has 1 rings (SSSR count). The number of thiol groups is 1. The van der Waals surface area contributed by atoms with Gasteiger partial charge >= 0.3 is 0 Å². The number of rotatable bonds is 6. The SMILES string of the molecule is CCC(CS)CN(C)CC1CC(O)C1. The molecule has 1 aliphatic rings. The molecule has 0 aromatic carbocycles. The highest BCUT2D eigenvalue weighted by molar-refractivity contribution is 7.80. The summed E-state index contributed by atoms with van der Waals surface area (Å²) in [5, 5.41) is 9.17. The molecule has 1 atom stereocenters. The second-order valence-electron chi connectivity index (χ2n) is 4.67. The van der Waals surface area contributed by atoms with Crippen molar-refractivity contribution in [1.29, 1.82) is 0 Å². The van der Waals surface area contributed by atoms with E-state index < -0.39 is 0 Å². The summed E-state index contributed by atoms with van der Waals surface area (Å²) in [6.45, 7) is 4.51. The van der Waals surface area contributed by atoms with Gasteiger partial charge in [-0.2, -0.15) is 12.6 Å². The van der Waals surface area contributed by atoms with Crippen LogP contribution in [-0.4, -0.2) is 42.0 Å². The van der Waals surface area contributed by atoms with Crippen molar-refractivity contribution >= 4 is 12.6 Å². The van der Waals surface area contributed by atoms with E-state index in [2.05, 4.69) is 31.5 Å². The third-order valence-corrected chi connectivity index (χ3v) is 3.70. The Morgan fingerprint density at radius 1 is 1.50 bits per heavy atom. The first-order valence-electron chi connectivity index (χ1n) is 5.63. The van der Waals surface area contributed by atoms with Crippen molar-refractivity contribution in [3.63, 3.8) is 0 Å². The fourth-order valence-electron chi connectivity index (χ4n) is 2.12. The number of aliphatic hydroxyl groups excluding tert-OH is 1. The van der Waals surface area contributed by atoms with Crippen LogP contribution in [0.3, 0.4) is 0 Å². The molecule has 1 unspecified atom stereocenters. The molecule has 84 valence electrons.